The zero-order valence-electron chi connectivity index (χ0n) is 16.1. The second kappa shape index (κ2) is 7.81. The summed E-state index contributed by atoms with van der Waals surface area (Å²) in [5.41, 5.74) is 10.5. The number of hydrogen-bond acceptors (Lipinski definition) is 6. The molecular weight excluding hydrogens is 378 g/mol. The van der Waals surface area contributed by atoms with Gasteiger partial charge in [0.25, 0.3) is 0 Å². The van der Waals surface area contributed by atoms with E-state index in [1.54, 1.807) is 11.3 Å². The van der Waals surface area contributed by atoms with Gasteiger partial charge in [0.1, 0.15) is 10.8 Å². The number of rotatable bonds is 4. The Hall–Kier alpha value is -2.96. The van der Waals surface area contributed by atoms with E-state index in [2.05, 4.69) is 51.6 Å². The van der Waals surface area contributed by atoms with Gasteiger partial charge in [-0.2, -0.15) is 0 Å². The summed E-state index contributed by atoms with van der Waals surface area (Å²) in [5.74, 6) is 0.843. The Morgan fingerprint density at radius 3 is 2.72 bits per heavy atom. The minimum atomic E-state index is 0.230. The number of para-hydroxylation sites is 2. The molecule has 1 aliphatic heterocycles. The van der Waals surface area contributed by atoms with Crippen molar-refractivity contribution in [2.24, 2.45) is 5.73 Å². The molecule has 1 atom stereocenters. The van der Waals surface area contributed by atoms with Crippen molar-refractivity contribution in [2.75, 3.05) is 23.3 Å². The molecule has 0 aliphatic carbocycles. The normalized spacial score (nSPS) is 16.9. The monoisotopic (exact) mass is 401 g/mol. The summed E-state index contributed by atoms with van der Waals surface area (Å²) >= 11 is 1.67. The fourth-order valence-electron chi connectivity index (χ4n) is 3.86. The first-order valence-electron chi connectivity index (χ1n) is 9.95. The van der Waals surface area contributed by atoms with Gasteiger partial charge >= 0.3 is 0 Å². The Morgan fingerprint density at radius 1 is 1.03 bits per heavy atom. The summed E-state index contributed by atoms with van der Waals surface area (Å²) in [5, 5.41) is 4.58. The van der Waals surface area contributed by atoms with Crippen LogP contribution in [-0.2, 0) is 0 Å². The van der Waals surface area contributed by atoms with Crippen LogP contribution in [0.3, 0.4) is 0 Å². The molecule has 2 aromatic heterocycles. The van der Waals surface area contributed by atoms with Crippen molar-refractivity contribution >= 4 is 38.7 Å². The van der Waals surface area contributed by atoms with Gasteiger partial charge in [0.2, 0.25) is 0 Å². The van der Waals surface area contributed by atoms with Crippen LogP contribution in [0.15, 0.2) is 66.9 Å². The van der Waals surface area contributed by atoms with Crippen molar-refractivity contribution in [2.45, 2.75) is 18.9 Å². The standard InChI is InChI=1S/C23H23N5S/c24-17-9-6-14-28(15-17)20-11-5-4-10-18(20)26-22-21-19(12-13-25-22)27-23(29-21)16-7-2-1-3-8-16/h1-5,7-8,10-13,17H,6,9,14-15,24H2,(H,25,26)/t17-/m0/s1. The number of benzene rings is 2. The number of nitrogens with two attached hydrogens (primary N) is 1. The summed E-state index contributed by atoms with van der Waals surface area (Å²) in [6.07, 6.45) is 4.04. The molecule has 1 saturated heterocycles. The first kappa shape index (κ1) is 18.1. The number of aromatic nitrogens is 2. The lowest BCUT2D eigenvalue weighted by Crippen LogP contribution is -2.43. The van der Waals surface area contributed by atoms with Gasteiger partial charge in [0.15, 0.2) is 0 Å². The first-order valence-corrected chi connectivity index (χ1v) is 10.8. The molecule has 0 bridgehead atoms. The van der Waals surface area contributed by atoms with E-state index in [1.165, 1.54) is 5.69 Å². The molecule has 4 aromatic rings. The molecule has 0 unspecified atom stereocenters. The van der Waals surface area contributed by atoms with Crippen LogP contribution in [0, 0.1) is 0 Å². The molecule has 2 aromatic carbocycles. The Balaban J connectivity index is 1.51. The summed E-state index contributed by atoms with van der Waals surface area (Å²) in [4.78, 5) is 11.8. The third kappa shape index (κ3) is 3.69. The van der Waals surface area contributed by atoms with Crippen molar-refractivity contribution in [1.82, 2.24) is 9.97 Å². The van der Waals surface area contributed by atoms with Gasteiger partial charge < -0.3 is 16.0 Å². The van der Waals surface area contributed by atoms with E-state index in [-0.39, 0.29) is 6.04 Å². The summed E-state index contributed by atoms with van der Waals surface area (Å²) in [6, 6.07) is 20.9. The van der Waals surface area contributed by atoms with Crippen molar-refractivity contribution in [1.29, 1.82) is 0 Å². The molecular formula is C23H23N5S. The second-order valence-electron chi connectivity index (χ2n) is 7.38. The molecule has 6 heteroatoms. The van der Waals surface area contributed by atoms with Gasteiger partial charge in [-0.05, 0) is 31.0 Å². The number of nitrogens with zero attached hydrogens (tertiary/aromatic N) is 3. The molecule has 1 aliphatic rings. The summed E-state index contributed by atoms with van der Waals surface area (Å²) in [7, 11) is 0. The molecule has 5 nitrogen and oxygen atoms in total. The molecule has 3 heterocycles. The van der Waals surface area contributed by atoms with E-state index < -0.39 is 0 Å². The molecule has 5 rings (SSSR count). The van der Waals surface area contributed by atoms with E-state index >= 15 is 0 Å². The highest BCUT2D eigenvalue weighted by Gasteiger charge is 2.20. The number of piperidine rings is 1. The molecule has 1 fully saturated rings. The highest BCUT2D eigenvalue weighted by atomic mass is 32.1. The Bertz CT molecular complexity index is 1120. The average Bonchev–Trinajstić information content (AvgIpc) is 3.20. The van der Waals surface area contributed by atoms with Gasteiger partial charge in [0, 0.05) is 30.9 Å². The van der Waals surface area contributed by atoms with E-state index in [0.29, 0.717) is 0 Å². The molecule has 146 valence electrons. The Labute approximate surface area is 174 Å². The minimum Gasteiger partial charge on any atom is -0.368 e. The van der Waals surface area contributed by atoms with Crippen LogP contribution in [0.5, 0.6) is 0 Å². The predicted molar refractivity (Wildman–Crippen MR) is 122 cm³/mol. The van der Waals surface area contributed by atoms with Crippen molar-refractivity contribution < 1.29 is 0 Å². The fraction of sp³-hybridized carbons (Fsp3) is 0.217. The third-order valence-corrected chi connectivity index (χ3v) is 6.41. The van der Waals surface area contributed by atoms with Crippen molar-refractivity contribution in [3.63, 3.8) is 0 Å². The van der Waals surface area contributed by atoms with Crippen LogP contribution in [-0.4, -0.2) is 29.1 Å². The van der Waals surface area contributed by atoms with Crippen molar-refractivity contribution in [3.05, 3.63) is 66.9 Å². The maximum Gasteiger partial charge on any atom is 0.150 e. The lowest BCUT2D eigenvalue weighted by molar-refractivity contribution is 0.506. The van der Waals surface area contributed by atoms with E-state index in [0.717, 1.165) is 58.2 Å². The zero-order valence-corrected chi connectivity index (χ0v) is 16.9. The topological polar surface area (TPSA) is 67.1 Å². The number of thiazole rings is 1. The van der Waals surface area contributed by atoms with E-state index in [4.69, 9.17) is 10.7 Å². The van der Waals surface area contributed by atoms with Crippen molar-refractivity contribution in [3.8, 4) is 10.6 Å². The number of anilines is 3. The largest absolute Gasteiger partial charge is 0.368 e. The summed E-state index contributed by atoms with van der Waals surface area (Å²) in [6.45, 7) is 1.91. The van der Waals surface area contributed by atoms with Gasteiger partial charge in [0.05, 0.1) is 21.6 Å². The van der Waals surface area contributed by atoms with Gasteiger partial charge in [-0.3, -0.25) is 0 Å². The molecule has 3 N–H and O–H groups in total. The fourth-order valence-corrected chi connectivity index (χ4v) is 4.87. The quantitative estimate of drug-likeness (QED) is 0.502. The summed E-state index contributed by atoms with van der Waals surface area (Å²) < 4.78 is 1.07. The van der Waals surface area contributed by atoms with Gasteiger partial charge in [-0.1, -0.05) is 42.5 Å². The molecule has 29 heavy (non-hydrogen) atoms. The Morgan fingerprint density at radius 2 is 1.86 bits per heavy atom. The Kier molecular flexibility index (Phi) is 4.87. The first-order chi connectivity index (χ1) is 14.3. The van der Waals surface area contributed by atoms with Gasteiger partial charge in [-0.25, -0.2) is 9.97 Å². The van der Waals surface area contributed by atoms with Crippen LogP contribution < -0.4 is 16.0 Å². The van der Waals surface area contributed by atoms with Crippen LogP contribution in [0.25, 0.3) is 20.8 Å². The lowest BCUT2D eigenvalue weighted by atomic mass is 10.1. The lowest BCUT2D eigenvalue weighted by Gasteiger charge is -2.34. The molecule has 0 radical (unpaired) electrons. The number of fused-ring (bicyclic) bond motifs is 1. The molecule has 0 spiro atoms. The zero-order chi connectivity index (χ0) is 19.6. The molecule has 0 amide bonds. The number of pyridine rings is 1. The average molecular weight is 402 g/mol. The highest BCUT2D eigenvalue weighted by Crippen LogP contribution is 2.36. The third-order valence-electron chi connectivity index (χ3n) is 5.28. The van der Waals surface area contributed by atoms with Gasteiger partial charge in [-0.15, -0.1) is 11.3 Å². The smallest absolute Gasteiger partial charge is 0.150 e. The number of nitrogens with one attached hydrogen (secondary N) is 1. The maximum absolute atomic E-state index is 6.22. The van der Waals surface area contributed by atoms with Crippen LogP contribution in [0.1, 0.15) is 12.8 Å². The van der Waals surface area contributed by atoms with Crippen LogP contribution >= 0.6 is 11.3 Å². The SMILES string of the molecule is N[C@H]1CCCN(c2ccccc2Nc2nccc3nc(-c4ccccc4)sc23)C1. The highest BCUT2D eigenvalue weighted by molar-refractivity contribution is 7.22. The van der Waals surface area contributed by atoms with E-state index in [1.807, 2.05) is 30.5 Å². The predicted octanol–water partition coefficient (Wildman–Crippen LogP) is 5.03. The number of hydrogen-bond donors (Lipinski definition) is 2. The van der Waals surface area contributed by atoms with Crippen LogP contribution in [0.4, 0.5) is 17.2 Å². The second-order valence-corrected chi connectivity index (χ2v) is 8.38. The van der Waals surface area contributed by atoms with Crippen LogP contribution in [0.2, 0.25) is 0 Å². The maximum atomic E-state index is 6.22. The molecule has 0 saturated carbocycles. The van der Waals surface area contributed by atoms with E-state index in [9.17, 15) is 0 Å². The minimum absolute atomic E-state index is 0.230.